The number of nitrogens with zero attached hydrogens (tertiary/aromatic N) is 2. The summed E-state index contributed by atoms with van der Waals surface area (Å²) in [6.07, 6.45) is 10.2. The van der Waals surface area contributed by atoms with Gasteiger partial charge < -0.3 is 0 Å². The zero-order valence-electron chi connectivity index (χ0n) is 36.0. The molecular formula is C59H45N2O2Si2-. The van der Waals surface area contributed by atoms with Gasteiger partial charge in [-0.15, -0.1) is 0 Å². The van der Waals surface area contributed by atoms with Crippen LogP contribution in [0.5, 0.6) is 23.0 Å². The molecule has 0 bridgehead atoms. The van der Waals surface area contributed by atoms with Gasteiger partial charge in [-0.05, 0) is 0 Å². The number of benzene rings is 8. The van der Waals surface area contributed by atoms with E-state index >= 15 is 0 Å². The van der Waals surface area contributed by atoms with Crippen LogP contribution in [0.1, 0.15) is 12.0 Å². The molecule has 3 aliphatic rings. The molecule has 65 heavy (non-hydrogen) atoms. The number of aromatic nitrogens is 2. The van der Waals surface area contributed by atoms with Gasteiger partial charge in [0, 0.05) is 0 Å². The van der Waals surface area contributed by atoms with Crippen LogP contribution in [-0.4, -0.2) is 26.1 Å². The summed E-state index contributed by atoms with van der Waals surface area (Å²) in [5, 5.41) is 9.01. The van der Waals surface area contributed by atoms with Crippen LogP contribution < -0.4 is 45.8 Å². The molecule has 0 saturated heterocycles. The second-order valence-electron chi connectivity index (χ2n) is 17.5. The van der Waals surface area contributed by atoms with Crippen LogP contribution >= 0.6 is 0 Å². The molecule has 12 rings (SSSR count). The topological polar surface area (TPSA) is 44.2 Å². The molecule has 6 heteroatoms. The van der Waals surface area contributed by atoms with Gasteiger partial charge >= 0.3 is 341 Å². The second-order valence-corrected chi connectivity index (χ2v) is 25.8. The Balaban J connectivity index is 1.13. The minimum absolute atomic E-state index is 0.298. The first-order valence-electron chi connectivity index (χ1n) is 22.6. The van der Waals surface area contributed by atoms with Crippen molar-refractivity contribution in [3.63, 3.8) is 0 Å². The molecule has 1 aromatic heterocycles. The number of aryl methyl sites for hydroxylation is 1. The van der Waals surface area contributed by atoms with Gasteiger partial charge in [0.1, 0.15) is 0 Å². The average Bonchev–Trinajstić information content (AvgIpc) is 3.38. The Labute approximate surface area is 381 Å². The van der Waals surface area contributed by atoms with Crippen LogP contribution in [0.25, 0.3) is 33.9 Å². The van der Waals surface area contributed by atoms with Crippen LogP contribution in [0.3, 0.4) is 0 Å². The van der Waals surface area contributed by atoms with E-state index in [-0.39, 0.29) is 0 Å². The predicted molar refractivity (Wildman–Crippen MR) is 272 cm³/mol. The summed E-state index contributed by atoms with van der Waals surface area (Å²) in [5.41, 5.74) is 5.83. The van der Waals surface area contributed by atoms with Crippen molar-refractivity contribution >= 4 is 52.5 Å². The van der Waals surface area contributed by atoms with Gasteiger partial charge in [0.2, 0.25) is 0 Å². The van der Waals surface area contributed by atoms with Gasteiger partial charge in [0.25, 0.3) is 0 Å². The SMILES string of the molecule is Cc1ccccc1-c1nc(-c2cccc3c2Oc2ccccc2[Si]3(c2ccccc2)c2ccccc2)cc(-c2cccc3c2Oc2ccccc2[SiH-]3(c2ccccc2)C2C=CC=CC2)n1. The van der Waals surface area contributed by atoms with Crippen molar-refractivity contribution < 1.29 is 9.47 Å². The van der Waals surface area contributed by atoms with Crippen molar-refractivity contribution in [3.8, 4) is 56.9 Å². The molecule has 1 atom stereocenters. The molecule has 312 valence electrons. The van der Waals surface area contributed by atoms with Gasteiger partial charge in [-0.2, -0.15) is 0 Å². The number of para-hydroxylation sites is 4. The molecule has 0 amide bonds. The first-order chi connectivity index (χ1) is 32.2. The summed E-state index contributed by atoms with van der Waals surface area (Å²) in [6, 6.07) is 74.6. The zero-order chi connectivity index (χ0) is 43.4. The summed E-state index contributed by atoms with van der Waals surface area (Å²) in [6.45, 7) is 2.13. The van der Waals surface area contributed by atoms with Crippen molar-refractivity contribution in [2.24, 2.45) is 0 Å². The summed E-state index contributed by atoms with van der Waals surface area (Å²) in [4.78, 5) is 11.0. The van der Waals surface area contributed by atoms with E-state index in [0.717, 1.165) is 63.1 Å². The molecule has 0 N–H and O–H groups in total. The average molecular weight is 870 g/mol. The number of rotatable bonds is 7. The minimum atomic E-state index is -3.23. The quantitative estimate of drug-likeness (QED) is 0.150. The van der Waals surface area contributed by atoms with Crippen molar-refractivity contribution in [1.82, 2.24) is 9.97 Å². The monoisotopic (exact) mass is 869 g/mol. The van der Waals surface area contributed by atoms with Gasteiger partial charge in [-0.25, -0.2) is 0 Å². The molecule has 3 heterocycles. The molecule has 0 saturated carbocycles. The van der Waals surface area contributed by atoms with E-state index in [2.05, 4.69) is 237 Å². The van der Waals surface area contributed by atoms with Crippen molar-refractivity contribution in [3.05, 3.63) is 236 Å². The van der Waals surface area contributed by atoms with E-state index in [1.165, 1.54) is 36.3 Å². The Morgan fingerprint density at radius 2 is 1.05 bits per heavy atom. The third-order valence-electron chi connectivity index (χ3n) is 14.1. The maximum absolute atomic E-state index is 7.22. The van der Waals surface area contributed by atoms with E-state index in [0.29, 0.717) is 11.4 Å². The molecule has 4 nitrogen and oxygen atoms in total. The molecular weight excluding hydrogens is 825 g/mol. The Bertz CT molecular complexity index is 3290. The molecule has 2 aliphatic heterocycles. The van der Waals surface area contributed by atoms with E-state index in [9.17, 15) is 0 Å². The first kappa shape index (κ1) is 39.0. The van der Waals surface area contributed by atoms with E-state index in [1.807, 2.05) is 0 Å². The Kier molecular flexibility index (Phi) is 9.51. The molecule has 0 spiro atoms. The molecule has 8 aromatic carbocycles. The van der Waals surface area contributed by atoms with Gasteiger partial charge in [0.05, 0.1) is 0 Å². The fourth-order valence-electron chi connectivity index (χ4n) is 11.3. The van der Waals surface area contributed by atoms with Crippen LogP contribution in [0.2, 0.25) is 5.54 Å². The molecule has 0 radical (unpaired) electrons. The fourth-order valence-corrected chi connectivity index (χ4v) is 22.7. The van der Waals surface area contributed by atoms with Crippen molar-refractivity contribution in [2.75, 3.05) is 0 Å². The summed E-state index contributed by atoms with van der Waals surface area (Å²) in [7, 11) is -6.15. The van der Waals surface area contributed by atoms with Gasteiger partial charge in [0.15, 0.2) is 0 Å². The number of allylic oxidation sites excluding steroid dienone is 4. The van der Waals surface area contributed by atoms with E-state index in [1.54, 1.807) is 0 Å². The fraction of sp³-hybridized carbons (Fsp3) is 0.0508. The summed E-state index contributed by atoms with van der Waals surface area (Å²) < 4.78 is 14.4. The third-order valence-corrected chi connectivity index (χ3v) is 25.1. The molecule has 9 aromatic rings. The van der Waals surface area contributed by atoms with Crippen LogP contribution in [-0.2, 0) is 0 Å². The molecule has 0 fully saturated rings. The van der Waals surface area contributed by atoms with E-state index in [4.69, 9.17) is 19.4 Å². The Morgan fingerprint density at radius 1 is 0.492 bits per heavy atom. The third kappa shape index (κ3) is 6.09. The standard InChI is InChI=1S/C59H45N2O2Si2/c1-41-22-14-15-31-46(41)59-60-49(47-32-20-38-55-57(47)62-51-34-16-18-36-53(51)64(55,42-23-6-2-7-24-42)43-25-8-3-9-26-43)40-50(61-59)48-33-21-39-56-58(48)63-52-35-17-19-37-54(52)65(56,44-27-10-4-11-28-44)45-29-12-5-13-30-45/h2-29,31-40,45,65H,30H2,1H3/q-1. The number of fused-ring (bicyclic) bond motifs is 4. The Hall–Kier alpha value is -7.65. The van der Waals surface area contributed by atoms with Crippen molar-refractivity contribution in [1.29, 1.82) is 0 Å². The maximum atomic E-state index is 7.22. The number of hydrogen-bond donors (Lipinski definition) is 0. The Morgan fingerprint density at radius 3 is 1.75 bits per heavy atom. The van der Waals surface area contributed by atoms with Crippen molar-refractivity contribution in [2.45, 2.75) is 18.9 Å². The van der Waals surface area contributed by atoms with Crippen LogP contribution in [0.15, 0.2) is 231 Å². The van der Waals surface area contributed by atoms with Gasteiger partial charge in [-0.3, -0.25) is 0 Å². The normalized spacial score (nSPS) is 16.4. The second kappa shape index (κ2) is 15.9. The summed E-state index contributed by atoms with van der Waals surface area (Å²) in [5.74, 6) is 4.16. The van der Waals surface area contributed by atoms with Gasteiger partial charge in [-0.1, -0.05) is 42.5 Å². The summed E-state index contributed by atoms with van der Waals surface area (Å²) >= 11 is 0. The molecule has 1 unspecified atom stereocenters. The number of hydrogen-bond acceptors (Lipinski definition) is 4. The number of ether oxygens (including phenoxy) is 2. The van der Waals surface area contributed by atoms with Crippen LogP contribution in [0, 0.1) is 6.92 Å². The van der Waals surface area contributed by atoms with E-state index < -0.39 is 16.1 Å². The predicted octanol–water partition coefficient (Wildman–Crippen LogP) is 9.46. The zero-order valence-corrected chi connectivity index (χ0v) is 38.2. The van der Waals surface area contributed by atoms with Crippen LogP contribution in [0.4, 0.5) is 0 Å². The first-order valence-corrected chi connectivity index (χ1v) is 27.0. The molecule has 1 aliphatic carbocycles.